The Labute approximate surface area is 91.0 Å². The molecular formula is C10H21N3O2. The summed E-state index contributed by atoms with van der Waals surface area (Å²) >= 11 is 0. The van der Waals surface area contributed by atoms with Crippen LogP contribution in [-0.2, 0) is 9.59 Å². The Morgan fingerprint density at radius 2 is 2.07 bits per heavy atom. The van der Waals surface area contributed by atoms with E-state index in [4.69, 9.17) is 5.73 Å². The SMILES string of the molecule is CCN(C)C(=O)CNC(=O)CC(C)CN. The highest BCUT2D eigenvalue weighted by molar-refractivity contribution is 5.84. The summed E-state index contributed by atoms with van der Waals surface area (Å²) in [7, 11) is 1.71. The van der Waals surface area contributed by atoms with Crippen LogP contribution in [0.1, 0.15) is 20.3 Å². The summed E-state index contributed by atoms with van der Waals surface area (Å²) in [4.78, 5) is 24.2. The molecule has 0 saturated carbocycles. The van der Waals surface area contributed by atoms with Gasteiger partial charge in [-0.2, -0.15) is 0 Å². The maximum absolute atomic E-state index is 11.3. The first kappa shape index (κ1) is 13.9. The molecule has 0 aliphatic rings. The molecular weight excluding hydrogens is 194 g/mol. The van der Waals surface area contributed by atoms with Gasteiger partial charge < -0.3 is 16.0 Å². The number of amides is 2. The number of likely N-dealkylation sites (N-methyl/N-ethyl adjacent to an activating group) is 1. The molecule has 0 aromatic rings. The van der Waals surface area contributed by atoms with Gasteiger partial charge in [0.1, 0.15) is 0 Å². The molecule has 0 aromatic carbocycles. The van der Waals surface area contributed by atoms with Crippen LogP contribution in [0.25, 0.3) is 0 Å². The van der Waals surface area contributed by atoms with Gasteiger partial charge in [-0.15, -0.1) is 0 Å². The third-order valence-corrected chi connectivity index (χ3v) is 2.27. The number of rotatable bonds is 6. The van der Waals surface area contributed by atoms with Gasteiger partial charge in [0.15, 0.2) is 0 Å². The quantitative estimate of drug-likeness (QED) is 0.631. The number of nitrogens with two attached hydrogens (primary N) is 1. The summed E-state index contributed by atoms with van der Waals surface area (Å²) in [5.74, 6) is -0.0407. The Hall–Kier alpha value is -1.10. The lowest BCUT2D eigenvalue weighted by atomic mass is 10.1. The smallest absolute Gasteiger partial charge is 0.241 e. The molecule has 0 spiro atoms. The predicted octanol–water partition coefficient (Wildman–Crippen LogP) is -0.434. The van der Waals surface area contributed by atoms with Gasteiger partial charge in [0, 0.05) is 20.0 Å². The molecule has 0 bridgehead atoms. The minimum atomic E-state index is -0.120. The van der Waals surface area contributed by atoms with E-state index in [1.165, 1.54) is 0 Å². The van der Waals surface area contributed by atoms with E-state index in [9.17, 15) is 9.59 Å². The minimum Gasteiger partial charge on any atom is -0.347 e. The van der Waals surface area contributed by atoms with Crippen molar-refractivity contribution in [1.29, 1.82) is 0 Å². The molecule has 88 valence electrons. The van der Waals surface area contributed by atoms with Gasteiger partial charge in [-0.05, 0) is 19.4 Å². The number of carbonyl (C=O) groups excluding carboxylic acids is 2. The van der Waals surface area contributed by atoms with Gasteiger partial charge in [-0.1, -0.05) is 6.92 Å². The summed E-state index contributed by atoms with van der Waals surface area (Å²) in [5.41, 5.74) is 5.39. The molecule has 0 rings (SSSR count). The monoisotopic (exact) mass is 215 g/mol. The van der Waals surface area contributed by atoms with E-state index < -0.39 is 0 Å². The molecule has 1 atom stereocenters. The second kappa shape index (κ2) is 7.23. The standard InChI is InChI=1S/C10H21N3O2/c1-4-13(3)10(15)7-12-9(14)5-8(2)6-11/h8H,4-7,11H2,1-3H3,(H,12,14). The highest BCUT2D eigenvalue weighted by atomic mass is 16.2. The van der Waals surface area contributed by atoms with Crippen LogP contribution in [0.3, 0.4) is 0 Å². The molecule has 15 heavy (non-hydrogen) atoms. The molecule has 0 aliphatic heterocycles. The lowest BCUT2D eigenvalue weighted by Crippen LogP contribution is -2.38. The van der Waals surface area contributed by atoms with Gasteiger partial charge in [-0.3, -0.25) is 9.59 Å². The third-order valence-electron chi connectivity index (χ3n) is 2.27. The Bertz CT molecular complexity index is 219. The topological polar surface area (TPSA) is 75.4 Å². The summed E-state index contributed by atoms with van der Waals surface area (Å²) in [6.45, 7) is 4.99. The second-order valence-corrected chi connectivity index (χ2v) is 3.73. The maximum atomic E-state index is 11.3. The fourth-order valence-electron chi connectivity index (χ4n) is 0.958. The average Bonchev–Trinajstić information content (AvgIpc) is 2.24. The number of nitrogens with one attached hydrogen (secondary N) is 1. The van der Waals surface area contributed by atoms with Gasteiger partial charge in [0.2, 0.25) is 11.8 Å². The summed E-state index contributed by atoms with van der Waals surface area (Å²) in [6, 6.07) is 0. The Morgan fingerprint density at radius 3 is 2.53 bits per heavy atom. The normalized spacial score (nSPS) is 12.0. The number of carbonyl (C=O) groups is 2. The molecule has 5 heteroatoms. The highest BCUT2D eigenvalue weighted by Gasteiger charge is 2.10. The molecule has 0 heterocycles. The van der Waals surface area contributed by atoms with Crippen LogP contribution in [0, 0.1) is 5.92 Å². The number of hydrogen-bond acceptors (Lipinski definition) is 3. The summed E-state index contributed by atoms with van der Waals surface area (Å²) in [6.07, 6.45) is 0.375. The van der Waals surface area contributed by atoms with Crippen molar-refractivity contribution in [2.45, 2.75) is 20.3 Å². The van der Waals surface area contributed by atoms with Crippen LogP contribution in [-0.4, -0.2) is 43.4 Å². The molecule has 0 fully saturated rings. The van der Waals surface area contributed by atoms with E-state index in [2.05, 4.69) is 5.32 Å². The third kappa shape index (κ3) is 6.06. The summed E-state index contributed by atoms with van der Waals surface area (Å²) < 4.78 is 0. The molecule has 0 aliphatic carbocycles. The zero-order valence-corrected chi connectivity index (χ0v) is 9.75. The van der Waals surface area contributed by atoms with Crippen molar-refractivity contribution in [3.63, 3.8) is 0 Å². The van der Waals surface area contributed by atoms with E-state index in [1.54, 1.807) is 11.9 Å². The Balaban J connectivity index is 3.76. The first-order valence-corrected chi connectivity index (χ1v) is 5.22. The van der Waals surface area contributed by atoms with Gasteiger partial charge in [0.25, 0.3) is 0 Å². The predicted molar refractivity (Wildman–Crippen MR) is 59.2 cm³/mol. The fourth-order valence-corrected chi connectivity index (χ4v) is 0.958. The first-order valence-electron chi connectivity index (χ1n) is 5.22. The zero-order valence-electron chi connectivity index (χ0n) is 9.75. The van der Waals surface area contributed by atoms with Crippen molar-refractivity contribution in [1.82, 2.24) is 10.2 Å². The molecule has 3 N–H and O–H groups in total. The van der Waals surface area contributed by atoms with Crippen molar-refractivity contribution in [3.05, 3.63) is 0 Å². The molecule has 5 nitrogen and oxygen atoms in total. The fraction of sp³-hybridized carbons (Fsp3) is 0.800. The van der Waals surface area contributed by atoms with Crippen molar-refractivity contribution in [3.8, 4) is 0 Å². The molecule has 0 radical (unpaired) electrons. The molecule has 2 amide bonds. The van der Waals surface area contributed by atoms with E-state index in [-0.39, 0.29) is 24.3 Å². The van der Waals surface area contributed by atoms with Crippen molar-refractivity contribution < 1.29 is 9.59 Å². The van der Waals surface area contributed by atoms with Gasteiger partial charge >= 0.3 is 0 Å². The van der Waals surface area contributed by atoms with Crippen LogP contribution in [0.4, 0.5) is 0 Å². The second-order valence-electron chi connectivity index (χ2n) is 3.73. The lowest BCUT2D eigenvalue weighted by molar-refractivity contribution is -0.131. The highest BCUT2D eigenvalue weighted by Crippen LogP contribution is 1.97. The molecule has 0 saturated heterocycles. The molecule has 0 aromatic heterocycles. The Kier molecular flexibility index (Phi) is 6.70. The van der Waals surface area contributed by atoms with Crippen molar-refractivity contribution in [2.24, 2.45) is 11.7 Å². The van der Waals surface area contributed by atoms with E-state index in [1.807, 2.05) is 13.8 Å². The number of nitrogens with zero attached hydrogens (tertiary/aromatic N) is 1. The first-order chi connectivity index (χ1) is 7.01. The van der Waals surface area contributed by atoms with E-state index >= 15 is 0 Å². The van der Waals surface area contributed by atoms with Crippen LogP contribution < -0.4 is 11.1 Å². The Morgan fingerprint density at radius 1 is 1.47 bits per heavy atom. The molecule has 1 unspecified atom stereocenters. The van der Waals surface area contributed by atoms with Gasteiger partial charge in [-0.25, -0.2) is 0 Å². The summed E-state index contributed by atoms with van der Waals surface area (Å²) in [5, 5.41) is 2.58. The van der Waals surface area contributed by atoms with Crippen LogP contribution in [0.15, 0.2) is 0 Å². The minimum absolute atomic E-state index is 0.0699. The lowest BCUT2D eigenvalue weighted by Gasteiger charge is -2.15. The van der Waals surface area contributed by atoms with Gasteiger partial charge in [0.05, 0.1) is 6.54 Å². The van der Waals surface area contributed by atoms with Crippen LogP contribution in [0.2, 0.25) is 0 Å². The van der Waals surface area contributed by atoms with Crippen molar-refractivity contribution >= 4 is 11.8 Å². The largest absolute Gasteiger partial charge is 0.347 e. The van der Waals surface area contributed by atoms with E-state index in [0.717, 1.165) is 0 Å². The van der Waals surface area contributed by atoms with Crippen molar-refractivity contribution in [2.75, 3.05) is 26.7 Å². The van der Waals surface area contributed by atoms with Crippen LogP contribution >= 0.6 is 0 Å². The average molecular weight is 215 g/mol. The maximum Gasteiger partial charge on any atom is 0.241 e. The number of hydrogen-bond donors (Lipinski definition) is 2. The van der Waals surface area contributed by atoms with E-state index in [0.29, 0.717) is 19.5 Å². The zero-order chi connectivity index (χ0) is 11.8. The van der Waals surface area contributed by atoms with Crippen LogP contribution in [0.5, 0.6) is 0 Å².